The molecule has 0 unspecified atom stereocenters. The zero-order valence-electron chi connectivity index (χ0n) is 11.7. The molecule has 96 valence electrons. The van der Waals surface area contributed by atoms with E-state index in [2.05, 4.69) is 27.7 Å². The first-order valence-electron chi connectivity index (χ1n) is 7.04. The molecule has 0 saturated heterocycles. The van der Waals surface area contributed by atoms with Crippen molar-refractivity contribution in [2.24, 2.45) is 11.8 Å². The summed E-state index contributed by atoms with van der Waals surface area (Å²) in [4.78, 5) is 11.4. The second-order valence-corrected chi connectivity index (χ2v) is 5.84. The predicted molar refractivity (Wildman–Crippen MR) is 71.6 cm³/mol. The second kappa shape index (κ2) is 9.86. The molecule has 0 heterocycles. The van der Waals surface area contributed by atoms with E-state index in [9.17, 15) is 4.79 Å². The van der Waals surface area contributed by atoms with Gasteiger partial charge in [-0.05, 0) is 18.3 Å². The lowest BCUT2D eigenvalue weighted by Gasteiger charge is -2.05. The summed E-state index contributed by atoms with van der Waals surface area (Å²) in [5.74, 6) is 1.82. The van der Waals surface area contributed by atoms with Crippen molar-refractivity contribution in [3.63, 3.8) is 0 Å². The van der Waals surface area contributed by atoms with Crippen LogP contribution in [0.15, 0.2) is 0 Å². The average Bonchev–Trinajstić information content (AvgIpc) is 2.14. The molecule has 0 aromatic rings. The largest absolute Gasteiger partial charge is 0.300 e. The maximum absolute atomic E-state index is 11.4. The molecule has 0 spiro atoms. The number of ketones is 1. The van der Waals surface area contributed by atoms with Crippen LogP contribution in [0.4, 0.5) is 0 Å². The molecule has 0 aliphatic carbocycles. The van der Waals surface area contributed by atoms with E-state index in [-0.39, 0.29) is 0 Å². The van der Waals surface area contributed by atoms with Crippen molar-refractivity contribution in [1.29, 1.82) is 0 Å². The third kappa shape index (κ3) is 11.7. The van der Waals surface area contributed by atoms with Gasteiger partial charge in [0.05, 0.1) is 0 Å². The Bertz CT molecular complexity index is 170. The summed E-state index contributed by atoms with van der Waals surface area (Å²) in [5, 5.41) is 0. The van der Waals surface area contributed by atoms with Crippen molar-refractivity contribution in [3.05, 3.63) is 0 Å². The maximum atomic E-state index is 11.4. The van der Waals surface area contributed by atoms with Gasteiger partial charge in [0, 0.05) is 12.8 Å². The molecule has 0 amide bonds. The smallest absolute Gasteiger partial charge is 0.133 e. The summed E-state index contributed by atoms with van der Waals surface area (Å²) in [6.45, 7) is 8.79. The summed E-state index contributed by atoms with van der Waals surface area (Å²) in [7, 11) is 0. The summed E-state index contributed by atoms with van der Waals surface area (Å²) in [6, 6.07) is 0. The van der Waals surface area contributed by atoms with E-state index < -0.39 is 0 Å². The number of unbranched alkanes of at least 4 members (excludes halogenated alkanes) is 4. The van der Waals surface area contributed by atoms with Crippen LogP contribution in [-0.4, -0.2) is 5.78 Å². The van der Waals surface area contributed by atoms with Gasteiger partial charge >= 0.3 is 0 Å². The van der Waals surface area contributed by atoms with E-state index >= 15 is 0 Å². The summed E-state index contributed by atoms with van der Waals surface area (Å²) >= 11 is 0. The Kier molecular flexibility index (Phi) is 9.66. The van der Waals surface area contributed by atoms with Crippen LogP contribution in [0.3, 0.4) is 0 Å². The molecule has 16 heavy (non-hydrogen) atoms. The fourth-order valence-electron chi connectivity index (χ4n) is 1.96. The van der Waals surface area contributed by atoms with Gasteiger partial charge in [-0.3, -0.25) is 4.79 Å². The van der Waals surface area contributed by atoms with Crippen LogP contribution in [0.5, 0.6) is 0 Å². The summed E-state index contributed by atoms with van der Waals surface area (Å²) < 4.78 is 0. The van der Waals surface area contributed by atoms with E-state index in [4.69, 9.17) is 0 Å². The van der Waals surface area contributed by atoms with Gasteiger partial charge in [-0.25, -0.2) is 0 Å². The number of carbonyl (C=O) groups excluding carboxylic acids is 1. The van der Waals surface area contributed by atoms with Gasteiger partial charge in [-0.15, -0.1) is 0 Å². The van der Waals surface area contributed by atoms with Gasteiger partial charge in [0.1, 0.15) is 5.78 Å². The van der Waals surface area contributed by atoms with E-state index in [0.29, 0.717) is 11.7 Å². The second-order valence-electron chi connectivity index (χ2n) is 5.84. The molecule has 1 nitrogen and oxygen atoms in total. The third-order valence-electron chi connectivity index (χ3n) is 2.87. The van der Waals surface area contributed by atoms with Crippen molar-refractivity contribution in [3.8, 4) is 0 Å². The molecule has 0 aromatic carbocycles. The fraction of sp³-hybridized carbons (Fsp3) is 0.933. The van der Waals surface area contributed by atoms with Crippen LogP contribution in [0, 0.1) is 11.8 Å². The highest BCUT2D eigenvalue weighted by atomic mass is 16.1. The van der Waals surface area contributed by atoms with Crippen molar-refractivity contribution in [2.75, 3.05) is 0 Å². The number of Topliss-reactive ketones (excluding diaryl/α,β-unsaturated/α-hetero) is 1. The lowest BCUT2D eigenvalue weighted by atomic mass is 10.0. The van der Waals surface area contributed by atoms with Crippen molar-refractivity contribution >= 4 is 5.78 Å². The Hall–Kier alpha value is -0.330. The Morgan fingerprint density at radius 1 is 0.812 bits per heavy atom. The normalized spacial score (nSPS) is 11.4. The summed E-state index contributed by atoms with van der Waals surface area (Å²) in [6.07, 6.45) is 9.28. The number of rotatable bonds is 10. The molecular formula is C15H30O. The van der Waals surface area contributed by atoms with E-state index in [1.807, 2.05) is 0 Å². The van der Waals surface area contributed by atoms with Crippen LogP contribution >= 0.6 is 0 Å². The van der Waals surface area contributed by atoms with E-state index in [1.54, 1.807) is 0 Å². The predicted octanol–water partition coefficient (Wildman–Crippen LogP) is 4.99. The highest BCUT2D eigenvalue weighted by Crippen LogP contribution is 2.12. The van der Waals surface area contributed by atoms with E-state index in [0.717, 1.165) is 25.2 Å². The minimum absolute atomic E-state index is 0.456. The maximum Gasteiger partial charge on any atom is 0.133 e. The van der Waals surface area contributed by atoms with Crippen LogP contribution in [0.2, 0.25) is 0 Å². The summed E-state index contributed by atoms with van der Waals surface area (Å²) in [5.41, 5.74) is 0. The molecule has 0 bridgehead atoms. The molecule has 0 fully saturated rings. The van der Waals surface area contributed by atoms with Crippen LogP contribution in [-0.2, 0) is 4.79 Å². The lowest BCUT2D eigenvalue weighted by Crippen LogP contribution is -2.02. The van der Waals surface area contributed by atoms with Crippen molar-refractivity contribution in [2.45, 2.75) is 79.1 Å². The highest BCUT2D eigenvalue weighted by Gasteiger charge is 2.04. The fourth-order valence-corrected chi connectivity index (χ4v) is 1.96. The van der Waals surface area contributed by atoms with Crippen LogP contribution in [0.25, 0.3) is 0 Å². The van der Waals surface area contributed by atoms with Crippen molar-refractivity contribution in [1.82, 2.24) is 0 Å². The third-order valence-corrected chi connectivity index (χ3v) is 2.87. The molecule has 0 rings (SSSR count). The molecule has 0 radical (unpaired) electrons. The number of hydrogen-bond acceptors (Lipinski definition) is 1. The van der Waals surface area contributed by atoms with Crippen molar-refractivity contribution < 1.29 is 4.79 Å². The lowest BCUT2D eigenvalue weighted by molar-refractivity contribution is -0.119. The zero-order chi connectivity index (χ0) is 12.4. The monoisotopic (exact) mass is 226 g/mol. The zero-order valence-corrected chi connectivity index (χ0v) is 11.7. The minimum Gasteiger partial charge on any atom is -0.300 e. The van der Waals surface area contributed by atoms with Crippen LogP contribution in [0.1, 0.15) is 79.1 Å². The van der Waals surface area contributed by atoms with Gasteiger partial charge in [0.25, 0.3) is 0 Å². The molecular weight excluding hydrogens is 196 g/mol. The topological polar surface area (TPSA) is 17.1 Å². The quantitative estimate of drug-likeness (QED) is 0.480. The molecule has 0 atom stereocenters. The minimum atomic E-state index is 0.456. The Labute approximate surface area is 102 Å². The van der Waals surface area contributed by atoms with Gasteiger partial charge in [-0.1, -0.05) is 59.8 Å². The first-order valence-corrected chi connectivity index (χ1v) is 7.04. The molecule has 0 aliphatic rings. The highest BCUT2D eigenvalue weighted by molar-refractivity contribution is 5.78. The average molecular weight is 226 g/mol. The van der Waals surface area contributed by atoms with Gasteiger partial charge in [0.15, 0.2) is 0 Å². The standard InChI is InChI=1S/C15H30O/c1-13(2)10-8-6-5-7-9-11-15(16)12-14(3)4/h13-14H,5-12H2,1-4H3. The Morgan fingerprint density at radius 2 is 1.38 bits per heavy atom. The SMILES string of the molecule is CC(C)CCCCCCCC(=O)CC(C)C. The van der Waals surface area contributed by atoms with Gasteiger partial charge in [-0.2, -0.15) is 0 Å². The molecule has 0 aliphatic heterocycles. The number of carbonyl (C=O) groups is 1. The Balaban J connectivity index is 3.18. The first-order chi connectivity index (χ1) is 7.52. The van der Waals surface area contributed by atoms with Gasteiger partial charge < -0.3 is 0 Å². The molecule has 1 heteroatoms. The van der Waals surface area contributed by atoms with Gasteiger partial charge in [0.2, 0.25) is 0 Å². The Morgan fingerprint density at radius 3 is 1.94 bits per heavy atom. The van der Waals surface area contributed by atoms with E-state index in [1.165, 1.54) is 32.1 Å². The number of hydrogen-bond donors (Lipinski definition) is 0. The molecule has 0 N–H and O–H groups in total. The molecule has 0 aromatic heterocycles. The van der Waals surface area contributed by atoms with Crippen LogP contribution < -0.4 is 0 Å². The first kappa shape index (κ1) is 15.7. The molecule has 0 saturated carbocycles.